The Labute approximate surface area is 163 Å². The maximum atomic E-state index is 12.4. The fourth-order valence-corrected chi connectivity index (χ4v) is 4.30. The van der Waals surface area contributed by atoms with Gasteiger partial charge in [-0.3, -0.25) is 9.59 Å². The van der Waals surface area contributed by atoms with Crippen LogP contribution in [0.25, 0.3) is 0 Å². The number of primary amides is 1. The number of amides is 2. The second-order valence-corrected chi connectivity index (χ2v) is 8.33. The van der Waals surface area contributed by atoms with E-state index < -0.39 is 15.9 Å². The minimum Gasteiger partial charge on any atom is -0.379 e. The van der Waals surface area contributed by atoms with Crippen molar-refractivity contribution in [1.82, 2.24) is 4.31 Å². The van der Waals surface area contributed by atoms with Crippen molar-refractivity contribution in [2.75, 3.05) is 31.6 Å². The number of sulfonamides is 1. The molecule has 2 amide bonds. The second-order valence-electron chi connectivity index (χ2n) is 6.36. The molecule has 1 aliphatic rings. The number of carbonyl (C=O) groups is 2. The van der Waals surface area contributed by atoms with Gasteiger partial charge < -0.3 is 15.8 Å². The Morgan fingerprint density at radius 2 is 1.54 bits per heavy atom. The van der Waals surface area contributed by atoms with Crippen molar-refractivity contribution < 1.29 is 22.7 Å². The van der Waals surface area contributed by atoms with Gasteiger partial charge in [0.05, 0.1) is 19.0 Å². The quantitative estimate of drug-likeness (QED) is 0.751. The number of carbonyl (C=O) groups excluding carboxylic acids is 2. The molecule has 1 aliphatic heterocycles. The molecule has 0 spiro atoms. The maximum Gasteiger partial charge on any atom is 0.255 e. The van der Waals surface area contributed by atoms with Crippen LogP contribution in [0.15, 0.2) is 48.5 Å². The molecule has 0 unspecified atom stereocenters. The highest BCUT2D eigenvalue weighted by Crippen LogP contribution is 2.15. The number of nitrogens with two attached hydrogens (primary N) is 1. The Morgan fingerprint density at radius 1 is 0.964 bits per heavy atom. The van der Waals surface area contributed by atoms with E-state index in [1.807, 2.05) is 0 Å². The summed E-state index contributed by atoms with van der Waals surface area (Å²) in [6.07, 6.45) is 0. The molecule has 0 aromatic heterocycles. The molecular formula is C19H21N3O5S. The molecule has 3 rings (SSSR count). The molecule has 0 atom stereocenters. The number of nitrogens with one attached hydrogen (secondary N) is 1. The van der Waals surface area contributed by atoms with E-state index in [9.17, 15) is 18.0 Å². The topological polar surface area (TPSA) is 119 Å². The highest BCUT2D eigenvalue weighted by molar-refractivity contribution is 7.88. The summed E-state index contributed by atoms with van der Waals surface area (Å²) in [5.74, 6) is -1.00. The number of nitrogens with zero attached hydrogens (tertiary/aromatic N) is 1. The van der Waals surface area contributed by atoms with Crippen LogP contribution in [-0.4, -0.2) is 50.8 Å². The second kappa shape index (κ2) is 8.51. The first-order valence-corrected chi connectivity index (χ1v) is 10.3. The third-order valence-corrected chi connectivity index (χ3v) is 6.21. The molecule has 0 bridgehead atoms. The fraction of sp³-hybridized carbons (Fsp3) is 0.263. The zero-order valence-corrected chi connectivity index (χ0v) is 15.9. The van der Waals surface area contributed by atoms with Gasteiger partial charge >= 0.3 is 0 Å². The van der Waals surface area contributed by atoms with Crippen LogP contribution in [0.1, 0.15) is 26.3 Å². The van der Waals surface area contributed by atoms with Gasteiger partial charge in [0.15, 0.2) is 0 Å². The van der Waals surface area contributed by atoms with Gasteiger partial charge in [-0.25, -0.2) is 8.42 Å². The molecule has 1 fully saturated rings. The first-order chi connectivity index (χ1) is 13.3. The Morgan fingerprint density at radius 3 is 2.11 bits per heavy atom. The van der Waals surface area contributed by atoms with Crippen molar-refractivity contribution in [3.05, 3.63) is 65.2 Å². The van der Waals surface area contributed by atoms with Gasteiger partial charge in [-0.15, -0.1) is 0 Å². The first kappa shape index (κ1) is 20.0. The third-order valence-electron chi connectivity index (χ3n) is 4.36. The number of hydrogen-bond acceptors (Lipinski definition) is 5. The van der Waals surface area contributed by atoms with Gasteiger partial charge in [-0.2, -0.15) is 4.31 Å². The average molecular weight is 403 g/mol. The largest absolute Gasteiger partial charge is 0.379 e. The number of hydrogen-bond donors (Lipinski definition) is 2. The van der Waals surface area contributed by atoms with E-state index in [1.54, 1.807) is 36.4 Å². The van der Waals surface area contributed by atoms with Crippen molar-refractivity contribution in [1.29, 1.82) is 0 Å². The van der Waals surface area contributed by atoms with Gasteiger partial charge in [0.25, 0.3) is 5.91 Å². The molecule has 28 heavy (non-hydrogen) atoms. The molecule has 1 heterocycles. The van der Waals surface area contributed by atoms with E-state index in [4.69, 9.17) is 10.5 Å². The standard InChI is InChI=1S/C19H21N3O5S/c20-18(23)15-5-7-17(8-6-15)21-19(24)16-3-1-14(2-4-16)13-28(25,26)22-9-11-27-12-10-22/h1-8H,9-13H2,(H2,20,23)(H,21,24). The van der Waals surface area contributed by atoms with Gasteiger partial charge in [0.2, 0.25) is 15.9 Å². The highest BCUT2D eigenvalue weighted by atomic mass is 32.2. The molecule has 2 aromatic carbocycles. The van der Waals surface area contributed by atoms with Crippen LogP contribution >= 0.6 is 0 Å². The minimum absolute atomic E-state index is 0.122. The molecule has 9 heteroatoms. The van der Waals surface area contributed by atoms with Crippen molar-refractivity contribution in [2.45, 2.75) is 5.75 Å². The number of ether oxygens (including phenoxy) is 1. The summed E-state index contributed by atoms with van der Waals surface area (Å²) >= 11 is 0. The van der Waals surface area contributed by atoms with Crippen molar-refractivity contribution >= 4 is 27.5 Å². The predicted molar refractivity (Wildman–Crippen MR) is 104 cm³/mol. The summed E-state index contributed by atoms with van der Waals surface area (Å²) in [5, 5.41) is 2.71. The Balaban J connectivity index is 1.63. The minimum atomic E-state index is -3.41. The van der Waals surface area contributed by atoms with Gasteiger partial charge in [0.1, 0.15) is 0 Å². The predicted octanol–water partition coefficient (Wildman–Crippen LogP) is 1.20. The number of anilines is 1. The molecule has 148 valence electrons. The summed E-state index contributed by atoms with van der Waals surface area (Å²) in [4.78, 5) is 23.4. The lowest BCUT2D eigenvalue weighted by Crippen LogP contribution is -2.41. The van der Waals surface area contributed by atoms with Crippen LogP contribution in [0, 0.1) is 0 Å². The molecular weight excluding hydrogens is 382 g/mol. The zero-order chi connectivity index (χ0) is 20.1. The Hall–Kier alpha value is -2.75. The lowest BCUT2D eigenvalue weighted by atomic mass is 10.1. The van der Waals surface area contributed by atoms with E-state index >= 15 is 0 Å². The smallest absolute Gasteiger partial charge is 0.255 e. The lowest BCUT2D eigenvalue weighted by Gasteiger charge is -2.26. The van der Waals surface area contributed by atoms with Crippen molar-refractivity contribution in [2.24, 2.45) is 5.73 Å². The molecule has 0 saturated carbocycles. The van der Waals surface area contributed by atoms with E-state index in [1.165, 1.54) is 16.4 Å². The van der Waals surface area contributed by atoms with Crippen LogP contribution in [0.4, 0.5) is 5.69 Å². The fourth-order valence-electron chi connectivity index (χ4n) is 2.80. The van der Waals surface area contributed by atoms with Crippen LogP contribution in [0.5, 0.6) is 0 Å². The summed E-state index contributed by atoms with van der Waals surface area (Å²) in [6, 6.07) is 12.6. The molecule has 0 radical (unpaired) electrons. The van der Waals surface area contributed by atoms with E-state index in [0.29, 0.717) is 48.7 Å². The molecule has 1 saturated heterocycles. The zero-order valence-electron chi connectivity index (χ0n) is 15.1. The van der Waals surface area contributed by atoms with Crippen LogP contribution in [0.2, 0.25) is 0 Å². The highest BCUT2D eigenvalue weighted by Gasteiger charge is 2.24. The average Bonchev–Trinajstić information content (AvgIpc) is 2.69. The van der Waals surface area contributed by atoms with Crippen LogP contribution in [0.3, 0.4) is 0 Å². The van der Waals surface area contributed by atoms with Crippen LogP contribution < -0.4 is 11.1 Å². The number of morpholine rings is 1. The SMILES string of the molecule is NC(=O)c1ccc(NC(=O)c2ccc(CS(=O)(=O)N3CCOCC3)cc2)cc1. The Kier molecular flexibility index (Phi) is 6.08. The summed E-state index contributed by atoms with van der Waals surface area (Å²) in [6.45, 7) is 1.52. The third kappa shape index (κ3) is 4.94. The molecule has 2 aromatic rings. The van der Waals surface area contributed by atoms with Crippen molar-refractivity contribution in [3.8, 4) is 0 Å². The molecule has 0 aliphatic carbocycles. The maximum absolute atomic E-state index is 12.4. The molecule has 8 nitrogen and oxygen atoms in total. The van der Waals surface area contributed by atoms with E-state index in [-0.39, 0.29) is 11.7 Å². The molecule has 3 N–H and O–H groups in total. The Bertz CT molecular complexity index is 950. The van der Waals surface area contributed by atoms with E-state index in [0.717, 1.165) is 0 Å². The summed E-state index contributed by atoms with van der Waals surface area (Å²) in [7, 11) is -3.41. The normalized spacial score (nSPS) is 15.1. The number of rotatable bonds is 6. The monoisotopic (exact) mass is 403 g/mol. The summed E-state index contributed by atoms with van der Waals surface area (Å²) < 4.78 is 31.5. The summed E-state index contributed by atoms with van der Waals surface area (Å²) in [5.41, 5.74) is 7.06. The first-order valence-electron chi connectivity index (χ1n) is 8.71. The van der Waals surface area contributed by atoms with E-state index in [2.05, 4.69) is 5.32 Å². The van der Waals surface area contributed by atoms with Gasteiger partial charge in [0, 0.05) is 29.9 Å². The van der Waals surface area contributed by atoms with Gasteiger partial charge in [-0.1, -0.05) is 12.1 Å². The number of benzene rings is 2. The van der Waals surface area contributed by atoms with Gasteiger partial charge in [-0.05, 0) is 42.0 Å². The lowest BCUT2D eigenvalue weighted by molar-refractivity contribution is 0.0729. The van der Waals surface area contributed by atoms with Crippen LogP contribution in [-0.2, 0) is 20.5 Å². The van der Waals surface area contributed by atoms with Crippen molar-refractivity contribution in [3.63, 3.8) is 0 Å².